The summed E-state index contributed by atoms with van der Waals surface area (Å²) in [6.45, 7) is 1.80. The molecule has 2 amide bonds. The van der Waals surface area contributed by atoms with Crippen molar-refractivity contribution in [2.24, 2.45) is 15.1 Å². The fraction of sp³-hybridized carbons (Fsp3) is 0.176. The van der Waals surface area contributed by atoms with E-state index in [1.165, 1.54) is 18.3 Å². The van der Waals surface area contributed by atoms with Crippen molar-refractivity contribution in [2.45, 2.75) is 0 Å². The molecule has 0 saturated carbocycles. The summed E-state index contributed by atoms with van der Waals surface area (Å²) >= 11 is 0. The van der Waals surface area contributed by atoms with E-state index in [0.29, 0.717) is 17.1 Å². The largest absolute Gasteiger partial charge is 0.860 e. The number of nitrogens with zero attached hydrogens (tertiary/aromatic N) is 5. The molecule has 0 saturated heterocycles. The smallest absolute Gasteiger partial charge is 0.363 e. The van der Waals surface area contributed by atoms with E-state index in [2.05, 4.69) is 20.4 Å². The summed E-state index contributed by atoms with van der Waals surface area (Å²) in [6.07, 6.45) is 3.03. The fourth-order valence-electron chi connectivity index (χ4n) is 2.26. The second kappa shape index (κ2) is 8.58. The van der Waals surface area contributed by atoms with E-state index in [0.717, 1.165) is 18.1 Å². The predicted octanol–water partition coefficient (Wildman–Crippen LogP) is 1.00. The van der Waals surface area contributed by atoms with E-state index in [-0.39, 0.29) is 12.2 Å². The van der Waals surface area contributed by atoms with Crippen LogP contribution >= 0.6 is 0 Å². The Bertz CT molecular complexity index is 941. The lowest BCUT2D eigenvalue weighted by molar-refractivity contribution is -0.384. The number of non-ortho nitro benzene ring substituents is 1. The molecular formula is C17H15N6O5-. The molecule has 0 radical (unpaired) electrons. The number of nitrogens with one attached hydrogen (secondary N) is 1. The summed E-state index contributed by atoms with van der Waals surface area (Å²) in [5.41, 5.74) is 0.653. The molecule has 0 unspecified atom stereocenters. The quantitative estimate of drug-likeness (QED) is 0.473. The monoisotopic (exact) mass is 383 g/mol. The van der Waals surface area contributed by atoms with E-state index in [1.807, 2.05) is 0 Å². The number of nitro groups is 1. The van der Waals surface area contributed by atoms with Crippen molar-refractivity contribution < 1.29 is 19.2 Å². The number of benzene rings is 1. The number of carbonyl (C=O) groups is 1. The summed E-state index contributed by atoms with van der Waals surface area (Å²) in [7, 11) is 0. The van der Waals surface area contributed by atoms with Crippen LogP contribution in [-0.4, -0.2) is 54.0 Å². The number of hydrogen-bond acceptors (Lipinski definition) is 8. The van der Waals surface area contributed by atoms with Gasteiger partial charge in [0.2, 0.25) is 0 Å². The SMILES string of the molecule is C1=NCCN1.O=C1N=C([O-])CN1N=Cc1ccc(-c2ccc([N+](=O)[O-])cc2)o1. The van der Waals surface area contributed by atoms with Crippen LogP contribution in [0.1, 0.15) is 5.76 Å². The standard InChI is InChI=1S/C14H10N4O5.C3H6N2/c19-13-8-17(14(20)16-13)15-7-11-5-6-12(23-11)9-1-3-10(4-2-9)18(21)22;1-2-5-3-4-1/h1-7H,8H2,(H,16,19,20);3H,1-2H2,(H,4,5)/p-1. The Kier molecular flexibility index (Phi) is 5.75. The highest BCUT2D eigenvalue weighted by Crippen LogP contribution is 2.24. The molecule has 3 heterocycles. The van der Waals surface area contributed by atoms with Gasteiger partial charge < -0.3 is 14.8 Å². The highest BCUT2D eigenvalue weighted by atomic mass is 16.6. The van der Waals surface area contributed by atoms with E-state index in [4.69, 9.17) is 4.42 Å². The molecule has 0 fully saturated rings. The maximum Gasteiger partial charge on any atom is 0.363 e. The minimum atomic E-state index is -0.714. The van der Waals surface area contributed by atoms with E-state index >= 15 is 0 Å². The number of furan rings is 1. The number of urea groups is 1. The maximum absolute atomic E-state index is 11.3. The number of nitro benzene ring substituents is 1. The van der Waals surface area contributed by atoms with E-state index in [9.17, 15) is 20.0 Å². The predicted molar refractivity (Wildman–Crippen MR) is 99.3 cm³/mol. The zero-order valence-corrected chi connectivity index (χ0v) is 14.5. The lowest BCUT2D eigenvalue weighted by Crippen LogP contribution is -2.26. The second-order valence-electron chi connectivity index (χ2n) is 5.59. The van der Waals surface area contributed by atoms with Crippen LogP contribution in [-0.2, 0) is 0 Å². The van der Waals surface area contributed by atoms with Crippen molar-refractivity contribution in [2.75, 3.05) is 19.6 Å². The average molecular weight is 383 g/mol. The normalized spacial score (nSPS) is 15.4. The van der Waals surface area contributed by atoms with Crippen LogP contribution in [0.4, 0.5) is 10.5 Å². The number of rotatable bonds is 4. The zero-order valence-electron chi connectivity index (χ0n) is 14.5. The van der Waals surface area contributed by atoms with Gasteiger partial charge in [-0.3, -0.25) is 15.1 Å². The Labute approximate surface area is 158 Å². The fourth-order valence-corrected chi connectivity index (χ4v) is 2.26. The van der Waals surface area contributed by atoms with Crippen molar-refractivity contribution in [3.05, 3.63) is 52.3 Å². The Balaban J connectivity index is 0.000000391. The first-order chi connectivity index (χ1) is 13.5. The molecule has 0 spiro atoms. The summed E-state index contributed by atoms with van der Waals surface area (Å²) in [5.74, 6) is 0.318. The molecule has 11 nitrogen and oxygen atoms in total. The molecule has 0 bridgehead atoms. The van der Waals surface area contributed by atoms with Crippen molar-refractivity contribution in [3.63, 3.8) is 0 Å². The van der Waals surface area contributed by atoms with Crippen molar-refractivity contribution >= 4 is 30.2 Å². The van der Waals surface area contributed by atoms with Crippen molar-refractivity contribution in [3.8, 4) is 11.3 Å². The van der Waals surface area contributed by atoms with Crippen LogP contribution in [0.25, 0.3) is 11.3 Å². The van der Waals surface area contributed by atoms with Gasteiger partial charge in [-0.1, -0.05) is 0 Å². The minimum absolute atomic E-state index is 0.0111. The highest BCUT2D eigenvalue weighted by Gasteiger charge is 2.17. The van der Waals surface area contributed by atoms with Crippen molar-refractivity contribution in [1.29, 1.82) is 0 Å². The van der Waals surface area contributed by atoms with Crippen molar-refractivity contribution in [1.82, 2.24) is 10.3 Å². The third-order valence-electron chi connectivity index (χ3n) is 3.61. The Morgan fingerprint density at radius 1 is 1.25 bits per heavy atom. The van der Waals surface area contributed by atoms with Crippen LogP contribution in [0.3, 0.4) is 0 Å². The molecule has 1 aromatic heterocycles. The number of hydrazone groups is 1. The Morgan fingerprint density at radius 2 is 2.04 bits per heavy atom. The first-order valence-electron chi connectivity index (χ1n) is 8.19. The second-order valence-corrected chi connectivity index (χ2v) is 5.59. The summed E-state index contributed by atoms with van der Waals surface area (Å²) in [4.78, 5) is 28.4. The number of hydrogen-bond donors (Lipinski definition) is 1. The summed E-state index contributed by atoms with van der Waals surface area (Å²) in [6, 6.07) is 8.47. The highest BCUT2D eigenvalue weighted by molar-refractivity contribution is 5.96. The molecule has 1 aromatic carbocycles. The van der Waals surface area contributed by atoms with Crippen LogP contribution in [0, 0.1) is 10.1 Å². The molecule has 2 aromatic rings. The molecular weight excluding hydrogens is 368 g/mol. The molecule has 2 aliphatic rings. The van der Waals surface area contributed by atoms with Gasteiger partial charge in [0.25, 0.3) is 5.69 Å². The maximum atomic E-state index is 11.3. The lowest BCUT2D eigenvalue weighted by Gasteiger charge is -2.07. The zero-order chi connectivity index (χ0) is 19.9. The average Bonchev–Trinajstić information content (AvgIpc) is 3.44. The molecule has 1 N–H and O–H groups in total. The topological polar surface area (TPSA) is 149 Å². The van der Waals surface area contributed by atoms with Gasteiger partial charge in [-0.15, -0.1) is 0 Å². The van der Waals surface area contributed by atoms with Gasteiger partial charge in [-0.05, 0) is 30.2 Å². The van der Waals surface area contributed by atoms with Crippen LogP contribution < -0.4 is 10.4 Å². The van der Waals surface area contributed by atoms with E-state index < -0.39 is 16.9 Å². The first-order valence-corrected chi connectivity index (χ1v) is 8.19. The molecule has 144 valence electrons. The minimum Gasteiger partial charge on any atom is -0.860 e. The van der Waals surface area contributed by atoms with Crippen LogP contribution in [0.5, 0.6) is 0 Å². The Hall–Kier alpha value is -4.02. The number of aliphatic imine (C=N–C) groups is 2. The number of carbonyl (C=O) groups excluding carboxylic acids is 1. The molecule has 0 aliphatic carbocycles. The third-order valence-corrected chi connectivity index (χ3v) is 3.61. The summed E-state index contributed by atoms with van der Waals surface area (Å²) < 4.78 is 5.52. The lowest BCUT2D eigenvalue weighted by atomic mass is 10.1. The molecule has 11 heteroatoms. The van der Waals surface area contributed by atoms with E-state index in [1.54, 1.807) is 30.6 Å². The third kappa shape index (κ3) is 4.78. The summed E-state index contributed by atoms with van der Waals surface area (Å²) in [5, 5.41) is 29.3. The van der Waals surface area contributed by atoms with Crippen LogP contribution in [0.15, 0.2) is 55.9 Å². The van der Waals surface area contributed by atoms with Crippen LogP contribution in [0.2, 0.25) is 0 Å². The van der Waals surface area contributed by atoms with Gasteiger partial charge in [0.1, 0.15) is 11.5 Å². The van der Waals surface area contributed by atoms with Gasteiger partial charge >= 0.3 is 6.03 Å². The molecule has 4 rings (SSSR count). The number of amides is 2. The van der Waals surface area contributed by atoms with Gasteiger partial charge in [0.05, 0.1) is 30.6 Å². The van der Waals surface area contributed by atoms with Gasteiger partial charge in [-0.25, -0.2) is 14.8 Å². The first kappa shape index (κ1) is 18.8. The van der Waals surface area contributed by atoms with Gasteiger partial charge in [0, 0.05) is 24.2 Å². The van der Waals surface area contributed by atoms with Gasteiger partial charge in [0.15, 0.2) is 0 Å². The molecule has 0 atom stereocenters. The molecule has 2 aliphatic heterocycles. The molecule has 28 heavy (non-hydrogen) atoms. The Morgan fingerprint density at radius 3 is 2.57 bits per heavy atom. The van der Waals surface area contributed by atoms with Gasteiger partial charge in [-0.2, -0.15) is 5.10 Å².